The Morgan fingerprint density at radius 1 is 1.40 bits per heavy atom. The van der Waals surface area contributed by atoms with Crippen molar-refractivity contribution in [1.29, 1.82) is 0 Å². The highest BCUT2D eigenvalue weighted by Crippen LogP contribution is 2.21. The third-order valence-corrected chi connectivity index (χ3v) is 4.07. The molecule has 0 spiro atoms. The van der Waals surface area contributed by atoms with Gasteiger partial charge in [0, 0.05) is 6.20 Å². The van der Waals surface area contributed by atoms with E-state index < -0.39 is 0 Å². The van der Waals surface area contributed by atoms with Gasteiger partial charge in [0.1, 0.15) is 5.01 Å². The highest BCUT2D eigenvalue weighted by atomic mass is 32.2. The predicted octanol–water partition coefficient (Wildman–Crippen LogP) is 2.47. The van der Waals surface area contributed by atoms with Crippen molar-refractivity contribution in [2.24, 2.45) is 0 Å². The molecule has 0 bridgehead atoms. The fraction of sp³-hybridized carbons (Fsp3) is 0.167. The highest BCUT2D eigenvalue weighted by molar-refractivity contribution is 7.98. The molecule has 1 amide bonds. The first kappa shape index (κ1) is 13.1. The monoisotopic (exact) mass is 305 g/mol. The molecule has 0 atom stereocenters. The van der Waals surface area contributed by atoms with Gasteiger partial charge in [-0.25, -0.2) is 4.98 Å². The van der Waals surface area contributed by atoms with Gasteiger partial charge in [0.25, 0.3) is 5.91 Å². The molecule has 0 saturated heterocycles. The number of anilines is 1. The number of hydrogen-bond donors (Lipinski definition) is 1. The van der Waals surface area contributed by atoms with Gasteiger partial charge in [-0.15, -0.1) is 10.2 Å². The van der Waals surface area contributed by atoms with Gasteiger partial charge in [0.2, 0.25) is 5.13 Å². The average Bonchev–Trinajstić information content (AvgIpc) is 3.02. The third-order valence-electron chi connectivity index (χ3n) is 2.66. The van der Waals surface area contributed by atoms with Gasteiger partial charge < -0.3 is 0 Å². The summed E-state index contributed by atoms with van der Waals surface area (Å²) in [5.41, 5.74) is 1.17. The van der Waals surface area contributed by atoms with Crippen molar-refractivity contribution >= 4 is 39.7 Å². The molecule has 0 aliphatic heterocycles. The zero-order valence-corrected chi connectivity index (χ0v) is 12.5. The van der Waals surface area contributed by atoms with Crippen LogP contribution in [-0.4, -0.2) is 31.7 Å². The fourth-order valence-corrected chi connectivity index (χ4v) is 2.95. The van der Waals surface area contributed by atoms with Crippen LogP contribution in [0.5, 0.6) is 0 Å². The number of hydrogen-bond acceptors (Lipinski definition) is 6. The normalized spacial score (nSPS) is 10.9. The molecule has 8 heteroatoms. The van der Waals surface area contributed by atoms with Crippen LogP contribution in [0.25, 0.3) is 5.52 Å². The van der Waals surface area contributed by atoms with E-state index >= 15 is 0 Å². The number of amides is 1. The fourth-order valence-electron chi connectivity index (χ4n) is 1.82. The number of thioether (sulfide) groups is 1. The van der Waals surface area contributed by atoms with Crippen LogP contribution in [0.1, 0.15) is 15.5 Å². The Hall–Kier alpha value is -1.93. The number of rotatable bonds is 3. The lowest BCUT2D eigenvalue weighted by Gasteiger charge is -1.98. The minimum atomic E-state index is -0.273. The van der Waals surface area contributed by atoms with Crippen molar-refractivity contribution in [3.05, 3.63) is 35.1 Å². The number of nitrogens with one attached hydrogen (secondary N) is 1. The minimum absolute atomic E-state index is 0.273. The van der Waals surface area contributed by atoms with Gasteiger partial charge in [-0.1, -0.05) is 29.2 Å². The minimum Gasteiger partial charge on any atom is -0.295 e. The Balaban J connectivity index is 1.99. The molecule has 0 aromatic carbocycles. The standard InChI is InChI=1S/C12H11N5OS2/c1-7-15-16-11(20-7)14-10(18)9-8-5-3-4-6-17(8)12(13-9)19-2/h3-6H,1-2H3,(H,14,16,18). The van der Waals surface area contributed by atoms with Crippen LogP contribution in [0, 0.1) is 6.92 Å². The first-order chi connectivity index (χ1) is 9.69. The molecule has 3 rings (SSSR count). The molecule has 0 fully saturated rings. The summed E-state index contributed by atoms with van der Waals surface area (Å²) < 4.78 is 1.89. The summed E-state index contributed by atoms with van der Waals surface area (Å²) >= 11 is 2.83. The average molecular weight is 305 g/mol. The van der Waals surface area contributed by atoms with Gasteiger partial charge in [0.15, 0.2) is 10.9 Å². The number of imidazole rings is 1. The quantitative estimate of drug-likeness (QED) is 0.753. The molecule has 102 valence electrons. The van der Waals surface area contributed by atoms with Crippen LogP contribution >= 0.6 is 23.1 Å². The zero-order chi connectivity index (χ0) is 14.1. The molecule has 0 aliphatic carbocycles. The van der Waals surface area contributed by atoms with Crippen molar-refractivity contribution in [2.75, 3.05) is 11.6 Å². The number of nitrogens with zero attached hydrogens (tertiary/aromatic N) is 4. The molecule has 3 heterocycles. The van der Waals surface area contributed by atoms with Crippen molar-refractivity contribution in [3.63, 3.8) is 0 Å². The van der Waals surface area contributed by atoms with E-state index in [1.807, 2.05) is 42.0 Å². The first-order valence-corrected chi connectivity index (χ1v) is 7.85. The maximum atomic E-state index is 12.3. The molecular formula is C12H11N5OS2. The molecule has 0 radical (unpaired) electrons. The summed E-state index contributed by atoms with van der Waals surface area (Å²) in [7, 11) is 0. The van der Waals surface area contributed by atoms with E-state index in [-0.39, 0.29) is 5.91 Å². The van der Waals surface area contributed by atoms with Crippen molar-refractivity contribution in [3.8, 4) is 0 Å². The second kappa shape index (κ2) is 5.22. The Kier molecular flexibility index (Phi) is 3.41. The molecule has 1 N–H and O–H groups in total. The molecule has 6 nitrogen and oxygen atoms in total. The second-order valence-electron chi connectivity index (χ2n) is 3.98. The van der Waals surface area contributed by atoms with Crippen LogP contribution in [0.2, 0.25) is 0 Å². The number of aromatic nitrogens is 4. The number of fused-ring (bicyclic) bond motifs is 1. The molecule has 20 heavy (non-hydrogen) atoms. The molecule has 3 aromatic rings. The summed E-state index contributed by atoms with van der Waals surface area (Å²) in [6.07, 6.45) is 3.82. The molecule has 0 saturated carbocycles. The largest absolute Gasteiger partial charge is 0.295 e. The van der Waals surface area contributed by atoms with Crippen molar-refractivity contribution in [2.45, 2.75) is 12.1 Å². The third kappa shape index (κ3) is 2.27. The summed E-state index contributed by atoms with van der Waals surface area (Å²) in [5.74, 6) is -0.273. The lowest BCUT2D eigenvalue weighted by atomic mass is 10.3. The maximum absolute atomic E-state index is 12.3. The van der Waals surface area contributed by atoms with E-state index in [0.29, 0.717) is 10.8 Å². The van der Waals surface area contributed by atoms with Crippen LogP contribution in [-0.2, 0) is 0 Å². The maximum Gasteiger partial charge on any atom is 0.278 e. The lowest BCUT2D eigenvalue weighted by molar-refractivity contribution is 0.102. The predicted molar refractivity (Wildman–Crippen MR) is 79.6 cm³/mol. The number of pyridine rings is 1. The SMILES string of the molecule is CSc1nc(C(=O)Nc2nnc(C)s2)c2ccccn12. The molecule has 0 unspecified atom stereocenters. The second-order valence-corrected chi connectivity index (χ2v) is 5.94. The zero-order valence-electron chi connectivity index (χ0n) is 10.8. The van der Waals surface area contributed by atoms with Crippen molar-refractivity contribution < 1.29 is 4.79 Å². The Bertz CT molecular complexity index is 779. The molecule has 0 aliphatic rings. The van der Waals surface area contributed by atoms with Crippen LogP contribution < -0.4 is 5.32 Å². The summed E-state index contributed by atoms with van der Waals surface area (Å²) in [5, 5.41) is 12.5. The Labute approximate surface area is 123 Å². The van der Waals surface area contributed by atoms with E-state index in [4.69, 9.17) is 0 Å². The van der Waals surface area contributed by atoms with Crippen LogP contribution in [0.3, 0.4) is 0 Å². The van der Waals surface area contributed by atoms with Gasteiger partial charge >= 0.3 is 0 Å². The van der Waals surface area contributed by atoms with Crippen LogP contribution in [0.4, 0.5) is 5.13 Å². The lowest BCUT2D eigenvalue weighted by Crippen LogP contribution is -2.12. The van der Waals surface area contributed by atoms with Gasteiger partial charge in [-0.3, -0.25) is 14.5 Å². The highest BCUT2D eigenvalue weighted by Gasteiger charge is 2.18. The molecular weight excluding hydrogens is 294 g/mol. The van der Waals surface area contributed by atoms with Gasteiger partial charge in [0.05, 0.1) is 5.52 Å². The van der Waals surface area contributed by atoms with E-state index in [1.54, 1.807) is 0 Å². The van der Waals surface area contributed by atoms with E-state index in [1.165, 1.54) is 23.1 Å². The number of carbonyl (C=O) groups is 1. The van der Waals surface area contributed by atoms with Crippen molar-refractivity contribution in [1.82, 2.24) is 19.6 Å². The van der Waals surface area contributed by atoms with Gasteiger partial charge in [-0.2, -0.15) is 0 Å². The summed E-state index contributed by atoms with van der Waals surface area (Å²) in [4.78, 5) is 16.7. The summed E-state index contributed by atoms with van der Waals surface area (Å²) in [6.45, 7) is 1.84. The van der Waals surface area contributed by atoms with E-state index in [2.05, 4.69) is 20.5 Å². The number of aryl methyl sites for hydroxylation is 1. The first-order valence-electron chi connectivity index (χ1n) is 5.81. The smallest absolute Gasteiger partial charge is 0.278 e. The van der Waals surface area contributed by atoms with Gasteiger partial charge in [-0.05, 0) is 25.3 Å². The topological polar surface area (TPSA) is 72.2 Å². The Morgan fingerprint density at radius 2 is 2.25 bits per heavy atom. The number of carbonyl (C=O) groups excluding carboxylic acids is 1. The molecule has 3 aromatic heterocycles. The van der Waals surface area contributed by atoms with Crippen LogP contribution in [0.15, 0.2) is 29.6 Å². The van der Waals surface area contributed by atoms with E-state index in [9.17, 15) is 4.79 Å². The van der Waals surface area contributed by atoms with E-state index in [0.717, 1.165) is 15.7 Å². The summed E-state index contributed by atoms with van der Waals surface area (Å²) in [6, 6.07) is 5.66. The Morgan fingerprint density at radius 3 is 2.95 bits per heavy atom.